The monoisotopic (exact) mass is 287 g/mol. The molecule has 0 aliphatic heterocycles. The van der Waals surface area contributed by atoms with Crippen LogP contribution in [0.5, 0.6) is 0 Å². The number of hydrogen-bond acceptors (Lipinski definition) is 1. The Labute approximate surface area is 124 Å². The third-order valence-electron chi connectivity index (χ3n) is 3.21. The number of nitrogens with one attached hydrogen (secondary N) is 1. The second-order valence-electron chi connectivity index (χ2n) is 4.83. The molecule has 3 heteroatoms. The molecule has 2 aromatic carbocycles. The van der Waals surface area contributed by atoms with Gasteiger partial charge in [0.05, 0.1) is 6.04 Å². The first-order valence-corrected chi connectivity index (χ1v) is 7.09. The third-order valence-corrected chi connectivity index (χ3v) is 3.47. The average molecular weight is 288 g/mol. The van der Waals surface area contributed by atoms with Gasteiger partial charge in [0.15, 0.2) is 0 Å². The number of rotatable bonds is 5. The van der Waals surface area contributed by atoms with Crippen molar-refractivity contribution < 1.29 is 4.79 Å². The van der Waals surface area contributed by atoms with E-state index in [0.29, 0.717) is 0 Å². The first-order chi connectivity index (χ1) is 9.65. The van der Waals surface area contributed by atoms with E-state index in [1.54, 1.807) is 6.92 Å². The molecule has 0 bridgehead atoms. The number of amides is 1. The fourth-order valence-corrected chi connectivity index (χ4v) is 2.34. The minimum atomic E-state index is -0.00467. The Hall–Kier alpha value is -1.80. The van der Waals surface area contributed by atoms with Crippen molar-refractivity contribution in [2.75, 3.05) is 0 Å². The van der Waals surface area contributed by atoms with Crippen LogP contribution in [0.1, 0.15) is 30.5 Å². The van der Waals surface area contributed by atoms with Crippen LogP contribution < -0.4 is 5.32 Å². The highest BCUT2D eigenvalue weighted by Gasteiger charge is 2.12. The molecule has 0 unspecified atom stereocenters. The summed E-state index contributed by atoms with van der Waals surface area (Å²) in [5, 5.41) is 3.76. The Morgan fingerprint density at radius 1 is 1.10 bits per heavy atom. The summed E-state index contributed by atoms with van der Waals surface area (Å²) in [6.45, 7) is 1.55. The number of hydrogen-bond donors (Lipinski definition) is 1. The smallest absolute Gasteiger partial charge is 0.217 e. The quantitative estimate of drug-likeness (QED) is 0.879. The highest BCUT2D eigenvalue weighted by molar-refractivity contribution is 6.30. The summed E-state index contributed by atoms with van der Waals surface area (Å²) in [5.41, 5.74) is 2.36. The Bertz CT molecular complexity index is 551. The first-order valence-electron chi connectivity index (χ1n) is 6.71. The molecule has 2 nitrogen and oxygen atoms in total. The van der Waals surface area contributed by atoms with Gasteiger partial charge in [-0.25, -0.2) is 0 Å². The lowest BCUT2D eigenvalue weighted by atomic mass is 9.99. The van der Waals surface area contributed by atoms with Crippen LogP contribution in [-0.2, 0) is 11.2 Å². The molecule has 0 aliphatic carbocycles. The van der Waals surface area contributed by atoms with Crippen molar-refractivity contribution in [2.45, 2.75) is 25.8 Å². The molecule has 20 heavy (non-hydrogen) atoms. The van der Waals surface area contributed by atoms with E-state index in [-0.39, 0.29) is 11.9 Å². The van der Waals surface area contributed by atoms with Gasteiger partial charge in [-0.05, 0) is 36.1 Å². The molecule has 2 rings (SSSR count). The maximum Gasteiger partial charge on any atom is 0.217 e. The maximum atomic E-state index is 11.4. The number of aryl methyl sites for hydroxylation is 1. The van der Waals surface area contributed by atoms with E-state index in [4.69, 9.17) is 11.6 Å². The molecule has 0 heterocycles. The zero-order chi connectivity index (χ0) is 14.4. The molecule has 0 radical (unpaired) electrons. The highest BCUT2D eigenvalue weighted by atomic mass is 35.5. The molecule has 2 aromatic rings. The second-order valence-corrected chi connectivity index (χ2v) is 5.27. The van der Waals surface area contributed by atoms with Crippen molar-refractivity contribution in [3.8, 4) is 0 Å². The van der Waals surface area contributed by atoms with Crippen LogP contribution in [0.3, 0.4) is 0 Å². The van der Waals surface area contributed by atoms with Gasteiger partial charge in [-0.1, -0.05) is 54.1 Å². The molecule has 1 amide bonds. The van der Waals surface area contributed by atoms with E-state index in [9.17, 15) is 4.79 Å². The summed E-state index contributed by atoms with van der Waals surface area (Å²) in [5.74, 6) is -0.00467. The summed E-state index contributed by atoms with van der Waals surface area (Å²) >= 11 is 5.88. The van der Waals surface area contributed by atoms with Crippen LogP contribution >= 0.6 is 11.6 Å². The Kier molecular flexibility index (Phi) is 5.19. The van der Waals surface area contributed by atoms with Crippen molar-refractivity contribution in [3.05, 3.63) is 70.7 Å². The first kappa shape index (κ1) is 14.6. The van der Waals surface area contributed by atoms with E-state index in [2.05, 4.69) is 5.32 Å². The van der Waals surface area contributed by atoms with E-state index < -0.39 is 0 Å². The molecular weight excluding hydrogens is 270 g/mol. The summed E-state index contributed by atoms with van der Waals surface area (Å²) in [7, 11) is 0. The molecule has 0 saturated heterocycles. The fourth-order valence-electron chi connectivity index (χ4n) is 2.21. The highest BCUT2D eigenvalue weighted by Crippen LogP contribution is 2.20. The van der Waals surface area contributed by atoms with Crippen LogP contribution in [0, 0.1) is 0 Å². The van der Waals surface area contributed by atoms with Gasteiger partial charge in [-0.3, -0.25) is 4.79 Å². The van der Waals surface area contributed by atoms with Crippen LogP contribution in [0.25, 0.3) is 0 Å². The standard InChI is InChI=1S/C17H18ClNO/c1-13(20)19-17(15-5-3-2-4-6-15)12-9-14-7-10-16(18)11-8-14/h2-8,10-11,17H,9,12H2,1H3,(H,19,20)/t17-/m1/s1. The van der Waals surface area contributed by atoms with Crippen LogP contribution in [0.15, 0.2) is 54.6 Å². The van der Waals surface area contributed by atoms with Crippen molar-refractivity contribution in [2.24, 2.45) is 0 Å². The normalized spacial score (nSPS) is 11.9. The lowest BCUT2D eigenvalue weighted by molar-refractivity contribution is -0.119. The van der Waals surface area contributed by atoms with Gasteiger partial charge in [0.25, 0.3) is 0 Å². The molecule has 0 spiro atoms. The lowest BCUT2D eigenvalue weighted by Crippen LogP contribution is -2.26. The number of halogens is 1. The molecule has 1 N–H and O–H groups in total. The zero-order valence-corrected chi connectivity index (χ0v) is 12.2. The second kappa shape index (κ2) is 7.11. The third kappa shape index (κ3) is 4.39. The Morgan fingerprint density at radius 3 is 2.35 bits per heavy atom. The summed E-state index contributed by atoms with van der Waals surface area (Å²) in [6, 6.07) is 17.9. The van der Waals surface area contributed by atoms with Crippen molar-refractivity contribution in [1.82, 2.24) is 5.32 Å². The Morgan fingerprint density at radius 2 is 1.75 bits per heavy atom. The molecule has 0 aromatic heterocycles. The summed E-state index contributed by atoms with van der Waals surface area (Å²) in [4.78, 5) is 11.4. The molecule has 0 aliphatic rings. The van der Waals surface area contributed by atoms with Crippen LogP contribution in [0.2, 0.25) is 5.02 Å². The van der Waals surface area contributed by atoms with Gasteiger partial charge in [-0.15, -0.1) is 0 Å². The molecule has 0 saturated carbocycles. The fraction of sp³-hybridized carbons (Fsp3) is 0.235. The van der Waals surface area contributed by atoms with Gasteiger partial charge in [0.2, 0.25) is 5.91 Å². The van der Waals surface area contributed by atoms with Gasteiger partial charge in [0, 0.05) is 11.9 Å². The van der Waals surface area contributed by atoms with Crippen molar-refractivity contribution >= 4 is 17.5 Å². The minimum Gasteiger partial charge on any atom is -0.350 e. The van der Waals surface area contributed by atoms with E-state index in [1.165, 1.54) is 5.56 Å². The predicted molar refractivity (Wildman–Crippen MR) is 82.8 cm³/mol. The van der Waals surface area contributed by atoms with Crippen molar-refractivity contribution in [3.63, 3.8) is 0 Å². The Balaban J connectivity index is 2.04. The molecule has 1 atom stereocenters. The van der Waals surface area contributed by atoms with E-state index in [1.807, 2.05) is 54.6 Å². The van der Waals surface area contributed by atoms with Gasteiger partial charge in [0.1, 0.15) is 0 Å². The summed E-state index contributed by atoms with van der Waals surface area (Å²) < 4.78 is 0. The zero-order valence-electron chi connectivity index (χ0n) is 11.5. The van der Waals surface area contributed by atoms with Crippen LogP contribution in [0.4, 0.5) is 0 Å². The minimum absolute atomic E-state index is 0.00467. The van der Waals surface area contributed by atoms with Gasteiger partial charge < -0.3 is 5.32 Å². The molecule has 104 valence electrons. The number of benzene rings is 2. The summed E-state index contributed by atoms with van der Waals surface area (Å²) in [6.07, 6.45) is 1.77. The van der Waals surface area contributed by atoms with Gasteiger partial charge in [-0.2, -0.15) is 0 Å². The SMILES string of the molecule is CC(=O)N[C@H](CCc1ccc(Cl)cc1)c1ccccc1. The average Bonchev–Trinajstić information content (AvgIpc) is 2.46. The topological polar surface area (TPSA) is 29.1 Å². The largest absolute Gasteiger partial charge is 0.350 e. The lowest BCUT2D eigenvalue weighted by Gasteiger charge is -2.18. The van der Waals surface area contributed by atoms with E-state index >= 15 is 0 Å². The molecule has 0 fully saturated rings. The molecular formula is C17H18ClNO. The number of carbonyl (C=O) groups is 1. The van der Waals surface area contributed by atoms with Gasteiger partial charge >= 0.3 is 0 Å². The number of carbonyl (C=O) groups excluding carboxylic acids is 1. The van der Waals surface area contributed by atoms with Crippen LogP contribution in [-0.4, -0.2) is 5.91 Å². The maximum absolute atomic E-state index is 11.4. The van der Waals surface area contributed by atoms with E-state index in [0.717, 1.165) is 23.4 Å². The van der Waals surface area contributed by atoms with Crippen molar-refractivity contribution in [1.29, 1.82) is 0 Å². The predicted octanol–water partition coefficient (Wildman–Crippen LogP) is 4.15.